The summed E-state index contributed by atoms with van der Waals surface area (Å²) in [6.45, 7) is 5.11. The molecule has 0 spiro atoms. The van der Waals surface area contributed by atoms with Crippen LogP contribution in [0.15, 0.2) is 36.5 Å². The van der Waals surface area contributed by atoms with E-state index in [0.29, 0.717) is 13.2 Å². The van der Waals surface area contributed by atoms with Gasteiger partial charge in [0, 0.05) is 12.7 Å². The van der Waals surface area contributed by atoms with Crippen LogP contribution in [-0.2, 0) is 13.2 Å². The Bertz CT molecular complexity index is 538. The lowest BCUT2D eigenvalue weighted by Gasteiger charge is -2.10. The molecule has 2 aromatic rings. The molecule has 2 rings (SSSR count). The van der Waals surface area contributed by atoms with E-state index in [1.165, 1.54) is 5.56 Å². The third-order valence-electron chi connectivity index (χ3n) is 2.83. The van der Waals surface area contributed by atoms with Crippen LogP contribution in [0.1, 0.15) is 22.4 Å². The first-order valence-electron chi connectivity index (χ1n) is 6.03. The third-order valence-corrected chi connectivity index (χ3v) is 2.83. The van der Waals surface area contributed by atoms with Crippen LogP contribution in [0.25, 0.3) is 0 Å². The highest BCUT2D eigenvalue weighted by Crippen LogP contribution is 2.20. The fourth-order valence-electron chi connectivity index (χ4n) is 1.75. The van der Waals surface area contributed by atoms with Gasteiger partial charge in [0.05, 0.1) is 5.69 Å². The maximum atomic E-state index is 5.83. The van der Waals surface area contributed by atoms with Crippen molar-refractivity contribution in [3.8, 4) is 5.75 Å². The van der Waals surface area contributed by atoms with E-state index >= 15 is 0 Å². The molecule has 0 radical (unpaired) electrons. The molecule has 0 aliphatic carbocycles. The quantitative estimate of drug-likeness (QED) is 0.896. The molecule has 94 valence electrons. The smallest absolute Gasteiger partial charge is 0.122 e. The fourth-order valence-corrected chi connectivity index (χ4v) is 1.75. The van der Waals surface area contributed by atoms with E-state index in [9.17, 15) is 0 Å². The maximum Gasteiger partial charge on any atom is 0.122 e. The molecule has 1 aromatic heterocycles. The molecule has 0 fully saturated rings. The Morgan fingerprint density at radius 2 is 2.00 bits per heavy atom. The molecule has 1 heterocycles. The number of hydrogen-bond donors (Lipinski definition) is 1. The minimum absolute atomic E-state index is 0.456. The van der Waals surface area contributed by atoms with E-state index in [4.69, 9.17) is 10.5 Å². The first-order chi connectivity index (χ1) is 8.69. The zero-order valence-electron chi connectivity index (χ0n) is 10.8. The largest absolute Gasteiger partial charge is 0.489 e. The van der Waals surface area contributed by atoms with Crippen molar-refractivity contribution >= 4 is 0 Å². The van der Waals surface area contributed by atoms with Crippen LogP contribution in [-0.4, -0.2) is 4.98 Å². The Hall–Kier alpha value is -1.87. The van der Waals surface area contributed by atoms with Crippen molar-refractivity contribution < 1.29 is 4.74 Å². The monoisotopic (exact) mass is 242 g/mol. The molecule has 0 aliphatic heterocycles. The SMILES string of the molecule is Cc1ccc(C)c(OCc2ccnc(CN)c2)c1. The number of benzene rings is 1. The van der Waals surface area contributed by atoms with Crippen molar-refractivity contribution in [1.29, 1.82) is 0 Å². The van der Waals surface area contributed by atoms with Crippen LogP contribution >= 0.6 is 0 Å². The van der Waals surface area contributed by atoms with E-state index in [0.717, 1.165) is 22.6 Å². The molecule has 1 aromatic carbocycles. The molecule has 3 heteroatoms. The van der Waals surface area contributed by atoms with Gasteiger partial charge >= 0.3 is 0 Å². The summed E-state index contributed by atoms with van der Waals surface area (Å²) in [4.78, 5) is 4.16. The van der Waals surface area contributed by atoms with Gasteiger partial charge in [-0.25, -0.2) is 0 Å². The molecule has 3 nitrogen and oxygen atoms in total. The van der Waals surface area contributed by atoms with Gasteiger partial charge in [0.25, 0.3) is 0 Å². The average molecular weight is 242 g/mol. The summed E-state index contributed by atoms with van der Waals surface area (Å²) in [5.74, 6) is 0.932. The van der Waals surface area contributed by atoms with Crippen molar-refractivity contribution in [3.63, 3.8) is 0 Å². The summed E-state index contributed by atoms with van der Waals surface area (Å²) in [5.41, 5.74) is 9.89. The number of aromatic nitrogens is 1. The van der Waals surface area contributed by atoms with Crippen LogP contribution in [0.4, 0.5) is 0 Å². The number of pyridine rings is 1. The van der Waals surface area contributed by atoms with Gasteiger partial charge < -0.3 is 10.5 Å². The number of aryl methyl sites for hydroxylation is 2. The highest BCUT2D eigenvalue weighted by atomic mass is 16.5. The predicted octanol–water partition coefficient (Wildman–Crippen LogP) is 2.74. The zero-order chi connectivity index (χ0) is 13.0. The van der Waals surface area contributed by atoms with Crippen molar-refractivity contribution in [1.82, 2.24) is 4.98 Å². The van der Waals surface area contributed by atoms with Gasteiger partial charge in [-0.05, 0) is 48.7 Å². The lowest BCUT2D eigenvalue weighted by atomic mass is 10.1. The summed E-state index contributed by atoms with van der Waals surface area (Å²) in [5, 5.41) is 0. The average Bonchev–Trinajstić information content (AvgIpc) is 2.40. The number of nitrogens with two attached hydrogens (primary N) is 1. The summed E-state index contributed by atoms with van der Waals surface area (Å²) in [6, 6.07) is 10.1. The first kappa shape index (κ1) is 12.6. The molecule has 0 saturated heterocycles. The van der Waals surface area contributed by atoms with E-state index in [2.05, 4.69) is 30.1 Å². The van der Waals surface area contributed by atoms with Crippen molar-refractivity contribution in [2.75, 3.05) is 0 Å². The second-order valence-electron chi connectivity index (χ2n) is 4.42. The van der Waals surface area contributed by atoms with Crippen LogP contribution < -0.4 is 10.5 Å². The molecule has 0 atom stereocenters. The van der Waals surface area contributed by atoms with Crippen LogP contribution in [0.2, 0.25) is 0 Å². The van der Waals surface area contributed by atoms with Crippen LogP contribution in [0.3, 0.4) is 0 Å². The summed E-state index contributed by atoms with van der Waals surface area (Å²) >= 11 is 0. The first-order valence-corrected chi connectivity index (χ1v) is 6.03. The van der Waals surface area contributed by atoms with Gasteiger partial charge in [0.15, 0.2) is 0 Å². The van der Waals surface area contributed by atoms with Crippen LogP contribution in [0.5, 0.6) is 5.75 Å². The van der Waals surface area contributed by atoms with Crippen molar-refractivity contribution in [3.05, 3.63) is 58.9 Å². The molecule has 18 heavy (non-hydrogen) atoms. The molecule has 0 amide bonds. The van der Waals surface area contributed by atoms with E-state index in [-0.39, 0.29) is 0 Å². The number of nitrogens with zero attached hydrogens (tertiary/aromatic N) is 1. The lowest BCUT2D eigenvalue weighted by Crippen LogP contribution is -2.02. The molecule has 0 unspecified atom stereocenters. The molecule has 0 aliphatic rings. The second-order valence-corrected chi connectivity index (χ2v) is 4.42. The highest BCUT2D eigenvalue weighted by molar-refractivity contribution is 5.36. The Morgan fingerprint density at radius 1 is 1.17 bits per heavy atom. The van der Waals surface area contributed by atoms with Gasteiger partial charge in [-0.3, -0.25) is 4.98 Å². The molecule has 0 bridgehead atoms. The Kier molecular flexibility index (Phi) is 3.95. The van der Waals surface area contributed by atoms with E-state index in [1.807, 2.05) is 19.1 Å². The minimum Gasteiger partial charge on any atom is -0.489 e. The third kappa shape index (κ3) is 3.08. The molecule has 2 N–H and O–H groups in total. The van der Waals surface area contributed by atoms with Crippen molar-refractivity contribution in [2.24, 2.45) is 5.73 Å². The van der Waals surface area contributed by atoms with Gasteiger partial charge in [0.2, 0.25) is 0 Å². The summed E-state index contributed by atoms with van der Waals surface area (Å²) in [7, 11) is 0. The van der Waals surface area contributed by atoms with E-state index < -0.39 is 0 Å². The second kappa shape index (κ2) is 5.65. The zero-order valence-corrected chi connectivity index (χ0v) is 10.8. The lowest BCUT2D eigenvalue weighted by molar-refractivity contribution is 0.303. The molecular formula is C15H18N2O. The molecule has 0 saturated carbocycles. The maximum absolute atomic E-state index is 5.83. The Morgan fingerprint density at radius 3 is 2.78 bits per heavy atom. The normalized spacial score (nSPS) is 10.4. The minimum atomic E-state index is 0.456. The topological polar surface area (TPSA) is 48.1 Å². The number of hydrogen-bond acceptors (Lipinski definition) is 3. The van der Waals surface area contributed by atoms with Gasteiger partial charge in [-0.1, -0.05) is 12.1 Å². The highest BCUT2D eigenvalue weighted by Gasteiger charge is 2.01. The van der Waals surface area contributed by atoms with E-state index in [1.54, 1.807) is 6.20 Å². The summed E-state index contributed by atoms with van der Waals surface area (Å²) in [6.07, 6.45) is 1.77. The van der Waals surface area contributed by atoms with Crippen molar-refractivity contribution in [2.45, 2.75) is 27.0 Å². The Balaban J connectivity index is 2.08. The van der Waals surface area contributed by atoms with Gasteiger partial charge in [-0.2, -0.15) is 0 Å². The standard InChI is InChI=1S/C15H18N2O/c1-11-3-4-12(2)15(7-11)18-10-13-5-6-17-14(8-13)9-16/h3-8H,9-10,16H2,1-2H3. The van der Waals surface area contributed by atoms with Gasteiger partial charge in [0.1, 0.15) is 12.4 Å². The summed E-state index contributed by atoms with van der Waals surface area (Å²) < 4.78 is 5.83. The molecular weight excluding hydrogens is 224 g/mol. The fraction of sp³-hybridized carbons (Fsp3) is 0.267. The van der Waals surface area contributed by atoms with Gasteiger partial charge in [-0.15, -0.1) is 0 Å². The van der Waals surface area contributed by atoms with Crippen LogP contribution in [0, 0.1) is 13.8 Å². The predicted molar refractivity (Wildman–Crippen MR) is 72.4 cm³/mol. The Labute approximate surface area is 108 Å². The number of rotatable bonds is 4. The number of ether oxygens (including phenoxy) is 1.